The third-order valence-electron chi connectivity index (χ3n) is 2.55. The van der Waals surface area contributed by atoms with Crippen molar-refractivity contribution >= 4 is 44.8 Å². The topological polar surface area (TPSA) is 60.7 Å². The van der Waals surface area contributed by atoms with Crippen molar-refractivity contribution in [2.24, 2.45) is 0 Å². The van der Waals surface area contributed by atoms with Crippen LogP contribution in [0.2, 0.25) is 0 Å². The fourth-order valence-corrected chi connectivity index (χ4v) is 4.15. The molecular weight excluding hydrogens is 312 g/mol. The quantitative estimate of drug-likeness (QED) is 0.546. The summed E-state index contributed by atoms with van der Waals surface area (Å²) in [7, 11) is 0. The van der Waals surface area contributed by atoms with Crippen LogP contribution < -0.4 is 5.56 Å². The highest BCUT2D eigenvalue weighted by Crippen LogP contribution is 2.28. The SMILES string of the molecule is C=CCn1c(Sc2nc(C)ns2)nc2sccc2c1=O. The molecule has 3 rings (SSSR count). The number of fused-ring (bicyclic) bond motifs is 1. The molecule has 0 N–H and O–H groups in total. The van der Waals surface area contributed by atoms with Crippen LogP contribution in [0.4, 0.5) is 0 Å². The van der Waals surface area contributed by atoms with Crippen LogP contribution in [0, 0.1) is 6.92 Å². The van der Waals surface area contributed by atoms with Crippen LogP contribution in [-0.2, 0) is 6.54 Å². The highest BCUT2D eigenvalue weighted by molar-refractivity contribution is 8.00. The van der Waals surface area contributed by atoms with Crippen LogP contribution in [0.1, 0.15) is 5.82 Å². The van der Waals surface area contributed by atoms with Crippen molar-refractivity contribution < 1.29 is 0 Å². The largest absolute Gasteiger partial charge is 0.283 e. The Morgan fingerprint density at radius 1 is 1.50 bits per heavy atom. The summed E-state index contributed by atoms with van der Waals surface area (Å²) in [5.41, 5.74) is -0.0418. The summed E-state index contributed by atoms with van der Waals surface area (Å²) in [5.74, 6) is 0.729. The van der Waals surface area contributed by atoms with Gasteiger partial charge in [0.25, 0.3) is 5.56 Å². The van der Waals surface area contributed by atoms with E-state index in [9.17, 15) is 4.79 Å². The molecule has 0 radical (unpaired) electrons. The summed E-state index contributed by atoms with van der Waals surface area (Å²) in [6, 6.07) is 1.80. The van der Waals surface area contributed by atoms with Gasteiger partial charge in [-0.05, 0) is 41.7 Å². The first-order chi connectivity index (χ1) is 9.69. The molecule has 0 aliphatic rings. The Hall–Kier alpha value is -1.51. The van der Waals surface area contributed by atoms with Crippen molar-refractivity contribution in [1.82, 2.24) is 18.9 Å². The van der Waals surface area contributed by atoms with E-state index >= 15 is 0 Å². The average molecular weight is 322 g/mol. The molecule has 0 saturated carbocycles. The molecule has 0 saturated heterocycles. The lowest BCUT2D eigenvalue weighted by atomic mass is 10.4. The summed E-state index contributed by atoms with van der Waals surface area (Å²) in [6.45, 7) is 5.97. The number of aromatic nitrogens is 4. The van der Waals surface area contributed by atoms with E-state index < -0.39 is 0 Å². The van der Waals surface area contributed by atoms with Crippen LogP contribution in [0.15, 0.2) is 38.4 Å². The normalized spacial score (nSPS) is 11.1. The first-order valence-corrected chi connectivity index (χ1v) is 8.23. The van der Waals surface area contributed by atoms with E-state index in [1.54, 1.807) is 16.7 Å². The van der Waals surface area contributed by atoms with Gasteiger partial charge in [0.05, 0.1) is 5.39 Å². The van der Waals surface area contributed by atoms with Gasteiger partial charge < -0.3 is 0 Å². The Labute approximate surface area is 127 Å². The summed E-state index contributed by atoms with van der Waals surface area (Å²) >= 11 is 4.13. The molecule has 0 unspecified atom stereocenters. The van der Waals surface area contributed by atoms with Crippen LogP contribution in [0.3, 0.4) is 0 Å². The van der Waals surface area contributed by atoms with Crippen molar-refractivity contribution in [2.45, 2.75) is 23.0 Å². The predicted octanol–water partition coefficient (Wildman–Crippen LogP) is 2.96. The molecule has 8 heteroatoms. The Morgan fingerprint density at radius 3 is 3.05 bits per heavy atom. The van der Waals surface area contributed by atoms with Crippen LogP contribution >= 0.6 is 34.6 Å². The first kappa shape index (κ1) is 13.5. The molecule has 0 aliphatic heterocycles. The van der Waals surface area contributed by atoms with E-state index in [2.05, 4.69) is 20.9 Å². The standard InChI is InChI=1S/C12H10N4OS3/c1-3-5-16-10(17)8-4-6-18-9(8)14-11(16)19-12-13-7(2)15-20-12/h3-4,6H,1,5H2,2H3. The van der Waals surface area contributed by atoms with Gasteiger partial charge in [0.2, 0.25) is 0 Å². The second kappa shape index (κ2) is 5.47. The van der Waals surface area contributed by atoms with Gasteiger partial charge in [0, 0.05) is 6.54 Å². The highest BCUT2D eigenvalue weighted by atomic mass is 32.2. The zero-order valence-electron chi connectivity index (χ0n) is 10.6. The van der Waals surface area contributed by atoms with Crippen molar-refractivity contribution in [2.75, 3.05) is 0 Å². The van der Waals surface area contributed by atoms with E-state index in [1.165, 1.54) is 34.6 Å². The molecular formula is C12H10N4OS3. The molecule has 3 heterocycles. The number of hydrogen-bond donors (Lipinski definition) is 0. The van der Waals surface area contributed by atoms with E-state index in [0.29, 0.717) is 17.1 Å². The predicted molar refractivity (Wildman–Crippen MR) is 82.8 cm³/mol. The van der Waals surface area contributed by atoms with Crippen LogP contribution in [0.25, 0.3) is 10.2 Å². The number of hydrogen-bond acceptors (Lipinski definition) is 7. The van der Waals surface area contributed by atoms with E-state index in [1.807, 2.05) is 12.3 Å². The Balaban J connectivity index is 2.14. The Kier molecular flexibility index (Phi) is 3.68. The molecule has 0 spiro atoms. The van der Waals surface area contributed by atoms with Gasteiger partial charge in [-0.25, -0.2) is 9.97 Å². The summed E-state index contributed by atoms with van der Waals surface area (Å²) in [5, 5.41) is 3.15. The zero-order chi connectivity index (χ0) is 14.1. The second-order valence-corrected chi connectivity index (χ2v) is 6.81. The molecule has 0 amide bonds. The minimum atomic E-state index is -0.0418. The number of nitrogens with zero attached hydrogens (tertiary/aromatic N) is 4. The Morgan fingerprint density at radius 2 is 2.35 bits per heavy atom. The molecule has 20 heavy (non-hydrogen) atoms. The zero-order valence-corrected chi connectivity index (χ0v) is 13.0. The van der Waals surface area contributed by atoms with Gasteiger partial charge in [-0.2, -0.15) is 4.37 Å². The molecule has 0 fully saturated rings. The lowest BCUT2D eigenvalue weighted by Crippen LogP contribution is -2.21. The van der Waals surface area contributed by atoms with E-state index in [-0.39, 0.29) is 5.56 Å². The monoisotopic (exact) mass is 322 g/mol. The molecule has 102 valence electrons. The summed E-state index contributed by atoms with van der Waals surface area (Å²) in [4.78, 5) is 22.0. The number of allylic oxidation sites excluding steroid dienone is 1. The summed E-state index contributed by atoms with van der Waals surface area (Å²) < 4.78 is 6.54. The van der Waals surface area contributed by atoms with Gasteiger partial charge in [0.1, 0.15) is 10.7 Å². The minimum absolute atomic E-state index is 0.0418. The van der Waals surface area contributed by atoms with Gasteiger partial charge in [0.15, 0.2) is 9.50 Å². The maximum absolute atomic E-state index is 12.4. The lowest BCUT2D eigenvalue weighted by Gasteiger charge is -2.08. The van der Waals surface area contributed by atoms with Crippen LogP contribution in [-0.4, -0.2) is 18.9 Å². The van der Waals surface area contributed by atoms with Gasteiger partial charge in [-0.3, -0.25) is 9.36 Å². The third-order valence-corrected chi connectivity index (χ3v) is 5.19. The maximum atomic E-state index is 12.4. The second-order valence-electron chi connectivity index (χ2n) is 3.95. The molecule has 3 aromatic heterocycles. The number of aryl methyl sites for hydroxylation is 1. The van der Waals surface area contributed by atoms with E-state index in [4.69, 9.17) is 0 Å². The van der Waals surface area contributed by atoms with Gasteiger partial charge in [-0.15, -0.1) is 17.9 Å². The minimum Gasteiger partial charge on any atom is -0.283 e. The van der Waals surface area contributed by atoms with Crippen molar-refractivity contribution in [3.8, 4) is 0 Å². The lowest BCUT2D eigenvalue weighted by molar-refractivity contribution is 0.672. The summed E-state index contributed by atoms with van der Waals surface area (Å²) in [6.07, 6.45) is 1.69. The molecule has 0 aliphatic carbocycles. The molecule has 0 atom stereocenters. The van der Waals surface area contributed by atoms with E-state index in [0.717, 1.165) is 15.0 Å². The molecule has 0 aromatic carbocycles. The Bertz CT molecular complexity index is 833. The first-order valence-electron chi connectivity index (χ1n) is 5.76. The fraction of sp³-hybridized carbons (Fsp3) is 0.167. The van der Waals surface area contributed by atoms with Gasteiger partial charge in [-0.1, -0.05) is 6.08 Å². The molecule has 3 aromatic rings. The fourth-order valence-electron chi connectivity index (χ4n) is 1.70. The average Bonchev–Trinajstić information content (AvgIpc) is 3.03. The third kappa shape index (κ3) is 2.41. The smallest absolute Gasteiger partial charge is 0.263 e. The number of rotatable bonds is 4. The van der Waals surface area contributed by atoms with Crippen molar-refractivity contribution in [1.29, 1.82) is 0 Å². The van der Waals surface area contributed by atoms with Crippen LogP contribution in [0.5, 0.6) is 0 Å². The van der Waals surface area contributed by atoms with Gasteiger partial charge >= 0.3 is 0 Å². The maximum Gasteiger partial charge on any atom is 0.263 e. The number of thiophene rings is 1. The molecule has 5 nitrogen and oxygen atoms in total. The molecule has 0 bridgehead atoms. The van der Waals surface area contributed by atoms with Crippen molar-refractivity contribution in [3.63, 3.8) is 0 Å². The van der Waals surface area contributed by atoms with Crippen molar-refractivity contribution in [3.05, 3.63) is 40.3 Å². The highest BCUT2D eigenvalue weighted by Gasteiger charge is 2.14.